The van der Waals surface area contributed by atoms with Crippen molar-refractivity contribution in [1.82, 2.24) is 0 Å². The lowest BCUT2D eigenvalue weighted by molar-refractivity contribution is 0.589. The summed E-state index contributed by atoms with van der Waals surface area (Å²) >= 11 is 0. The zero-order valence-corrected chi connectivity index (χ0v) is 73.4. The van der Waals surface area contributed by atoms with Crippen molar-refractivity contribution in [3.63, 3.8) is 0 Å². The van der Waals surface area contributed by atoms with E-state index < -0.39 is 0 Å². The molecule has 0 N–H and O–H groups in total. The second kappa shape index (κ2) is 28.0. The lowest BCUT2D eigenvalue weighted by Gasteiger charge is -2.47. The monoisotopic (exact) mass is 1570 g/mol. The van der Waals surface area contributed by atoms with Crippen LogP contribution in [0.1, 0.15) is 214 Å². The summed E-state index contributed by atoms with van der Waals surface area (Å²) in [5.41, 5.74) is 41.1. The number of anilines is 6. The van der Waals surface area contributed by atoms with Gasteiger partial charge in [0, 0.05) is 61.2 Å². The third-order valence-corrected chi connectivity index (χ3v) is 26.6. The number of rotatable bonds is 9. The highest BCUT2D eigenvalue weighted by Crippen LogP contribution is 2.66. The van der Waals surface area contributed by atoms with Crippen molar-refractivity contribution in [2.45, 2.75) is 175 Å². The van der Waals surface area contributed by atoms with E-state index in [1.54, 1.807) is 0 Å². The van der Waals surface area contributed by atoms with E-state index in [1.165, 1.54) is 77.9 Å². The van der Waals surface area contributed by atoms with E-state index >= 15 is 0 Å². The first kappa shape index (κ1) is 77.1. The quantitative estimate of drug-likeness (QED) is 0.144. The van der Waals surface area contributed by atoms with Crippen LogP contribution in [0.4, 0.5) is 34.1 Å². The number of nitrogens with zero attached hydrogens (tertiary/aromatic N) is 2. The summed E-state index contributed by atoms with van der Waals surface area (Å²) in [6.45, 7) is 42.3. The van der Waals surface area contributed by atoms with E-state index in [9.17, 15) is 0 Å². The Morgan fingerprint density at radius 2 is 0.521 bits per heavy atom. The predicted octanol–water partition coefficient (Wildman–Crippen LogP) is 33.1. The van der Waals surface area contributed by atoms with Gasteiger partial charge in [-0.05, 0) is 241 Å². The molecular formula is C117H108N2O2. The molecule has 20 rings (SSSR count). The van der Waals surface area contributed by atoms with Gasteiger partial charge in [0.15, 0.2) is 0 Å². The summed E-state index contributed by atoms with van der Waals surface area (Å²) in [4.78, 5) is 5.58. The summed E-state index contributed by atoms with van der Waals surface area (Å²) in [6, 6.07) is 118. The van der Waals surface area contributed by atoms with E-state index in [4.69, 9.17) is 8.83 Å². The number of fused-ring (bicyclic) bond motifs is 12. The summed E-state index contributed by atoms with van der Waals surface area (Å²) in [5.74, 6) is -0.477. The molecule has 2 aliphatic heterocycles. The minimum Gasteiger partial charge on any atom is -0.456 e. The van der Waals surface area contributed by atoms with Gasteiger partial charge in [-0.15, -0.1) is 0 Å². The molecule has 2 aromatic heterocycles. The fourth-order valence-electron chi connectivity index (χ4n) is 19.6. The fraction of sp³-hybridized carbons (Fsp3) is 0.231. The van der Waals surface area contributed by atoms with Gasteiger partial charge in [0.2, 0.25) is 0 Å². The van der Waals surface area contributed by atoms with Crippen molar-refractivity contribution < 1.29 is 8.83 Å². The molecule has 0 spiro atoms. The summed E-state index contributed by atoms with van der Waals surface area (Å²) in [6.07, 6.45) is 0.845. The Labute approximate surface area is 715 Å². The van der Waals surface area contributed by atoms with Gasteiger partial charge in [-0.25, -0.2) is 0 Å². The van der Waals surface area contributed by atoms with Crippen LogP contribution in [-0.4, -0.2) is 0 Å². The molecule has 598 valence electrons. The van der Waals surface area contributed by atoms with Crippen molar-refractivity contribution in [1.29, 1.82) is 0 Å². The van der Waals surface area contributed by atoms with Gasteiger partial charge in [0.1, 0.15) is 22.3 Å². The van der Waals surface area contributed by atoms with Crippen LogP contribution in [0.3, 0.4) is 0 Å². The molecule has 4 nitrogen and oxygen atoms in total. The number of furan rings is 2. The Hall–Kier alpha value is -12.5. The fourth-order valence-corrected chi connectivity index (χ4v) is 19.6. The average molecular weight is 1570 g/mol. The topological polar surface area (TPSA) is 32.8 Å². The van der Waals surface area contributed by atoms with Crippen molar-refractivity contribution in [3.8, 4) is 66.8 Å². The third kappa shape index (κ3) is 13.3. The molecule has 1 aliphatic carbocycles. The third-order valence-electron chi connectivity index (χ3n) is 26.6. The van der Waals surface area contributed by atoms with Crippen LogP contribution in [0, 0.1) is 0 Å². The molecule has 0 radical (unpaired) electrons. The van der Waals surface area contributed by atoms with Crippen molar-refractivity contribution in [3.05, 3.63) is 381 Å². The number of benzene rings is 15. The molecule has 0 atom stereocenters. The Bertz CT molecular complexity index is 6440. The van der Waals surface area contributed by atoms with Crippen molar-refractivity contribution in [2.24, 2.45) is 0 Å². The molecule has 4 heteroatoms. The Morgan fingerprint density at radius 3 is 0.860 bits per heavy atom. The Morgan fingerprint density at radius 1 is 0.231 bits per heavy atom. The average Bonchev–Trinajstić information content (AvgIpc) is 1.02. The first-order chi connectivity index (χ1) is 57.7. The Kier molecular flexibility index (Phi) is 17.9. The number of para-hydroxylation sites is 2. The highest BCUT2D eigenvalue weighted by Gasteiger charge is 2.46. The van der Waals surface area contributed by atoms with Crippen LogP contribution in [0.2, 0.25) is 0 Å². The van der Waals surface area contributed by atoms with Gasteiger partial charge in [-0.3, -0.25) is 0 Å². The van der Waals surface area contributed by atoms with Crippen molar-refractivity contribution >= 4 is 78.0 Å². The minimum atomic E-state index is -0.304. The standard InChI is InChI=1S/C117H108N2O2/c1-112(2,3)81-47-35-70(36-48-81)93-66-85(116(13,14)15)67-94(71-37-49-82(50-38-71)113(4,5)6)110(93)118-99-62-76(74-45-57-105-97(60-74)89-31-23-25-33-103(89)120-105)43-55-91(99)108-92-56-44-77(75-46-58-106-98(61-75)90-32-24-26-34-104(90)121-106)63-100(92)119(102-65-80(64-101(118)109(102)108)107-87-29-21-19-27-78(87)59-79-28-20-22-30-88(79)107)111-95(72-39-51-83(52-40-72)114(7,8)9)68-86(117(16,17)18)69-96(111)73-41-53-84(54-42-73)115(10,11)12/h19-58,60-69,107-108H,59H2,1-18H3. The minimum absolute atomic E-state index is 0.0861. The molecule has 15 aromatic carbocycles. The molecule has 0 unspecified atom stereocenters. The smallest absolute Gasteiger partial charge is 0.135 e. The lowest BCUT2D eigenvalue weighted by Crippen LogP contribution is -2.31. The highest BCUT2D eigenvalue weighted by molar-refractivity contribution is 6.11. The molecule has 0 amide bonds. The van der Waals surface area contributed by atoms with Gasteiger partial charge in [0.25, 0.3) is 0 Å². The molecular weight excluding hydrogens is 1470 g/mol. The maximum absolute atomic E-state index is 6.64. The molecule has 3 aliphatic rings. The molecule has 0 saturated carbocycles. The SMILES string of the molecule is CC(C)(C)c1ccc(-c2cc(C(C)(C)C)cc(-c3ccc(C(C)(C)C)cc3)c2N2c3cc(-c4ccc5oc6ccccc6c5c4)ccc3C3c4ccc(-c5ccc6oc7ccccc7c6c5)cc4N(c4c(-c5ccc(C(C)(C)C)cc5)cc(C(C)(C)C)cc4-c4ccc(C(C)(C)C)cc4)c4cc(C5c6ccccc6Cc6ccccc65)cc2c43)cc1. The van der Waals surface area contributed by atoms with Gasteiger partial charge < -0.3 is 18.6 Å². The van der Waals surface area contributed by atoms with Crippen LogP contribution in [-0.2, 0) is 38.9 Å². The second-order valence-corrected chi connectivity index (χ2v) is 40.9. The second-order valence-electron chi connectivity index (χ2n) is 40.9. The van der Waals surface area contributed by atoms with E-state index in [0.717, 1.165) is 151 Å². The van der Waals surface area contributed by atoms with Crippen LogP contribution in [0.5, 0.6) is 0 Å². The van der Waals surface area contributed by atoms with Crippen LogP contribution >= 0.6 is 0 Å². The molecule has 0 saturated heterocycles. The van der Waals surface area contributed by atoms with E-state index in [0.29, 0.717) is 0 Å². The molecule has 0 bridgehead atoms. The Balaban J connectivity index is 0.988. The van der Waals surface area contributed by atoms with E-state index in [1.807, 2.05) is 0 Å². The first-order valence-electron chi connectivity index (χ1n) is 43.6. The first-order valence-corrected chi connectivity index (χ1v) is 43.6. The summed E-state index contributed by atoms with van der Waals surface area (Å²) in [5, 5.41) is 4.39. The van der Waals surface area contributed by atoms with Gasteiger partial charge in [-0.2, -0.15) is 0 Å². The maximum Gasteiger partial charge on any atom is 0.135 e. The van der Waals surface area contributed by atoms with E-state index in [-0.39, 0.29) is 44.3 Å². The predicted molar refractivity (Wildman–Crippen MR) is 513 cm³/mol. The van der Waals surface area contributed by atoms with Gasteiger partial charge >= 0.3 is 0 Å². The van der Waals surface area contributed by atoms with Crippen LogP contribution in [0.25, 0.3) is 111 Å². The molecule has 0 fully saturated rings. The van der Waals surface area contributed by atoms with E-state index in [2.05, 4.69) is 438 Å². The van der Waals surface area contributed by atoms with Crippen LogP contribution < -0.4 is 9.80 Å². The lowest BCUT2D eigenvalue weighted by atomic mass is 9.71. The van der Waals surface area contributed by atoms with Crippen LogP contribution in [0.15, 0.2) is 312 Å². The number of hydrogen-bond donors (Lipinski definition) is 0. The maximum atomic E-state index is 6.64. The van der Waals surface area contributed by atoms with Crippen molar-refractivity contribution in [2.75, 3.05) is 9.80 Å². The molecule has 4 heterocycles. The zero-order valence-electron chi connectivity index (χ0n) is 73.4. The van der Waals surface area contributed by atoms with Gasteiger partial charge in [0.05, 0.1) is 34.1 Å². The summed E-state index contributed by atoms with van der Waals surface area (Å²) < 4.78 is 13.3. The zero-order chi connectivity index (χ0) is 83.9. The largest absolute Gasteiger partial charge is 0.456 e. The number of hydrogen-bond acceptors (Lipinski definition) is 4. The van der Waals surface area contributed by atoms with Gasteiger partial charge in [-0.1, -0.05) is 343 Å². The highest BCUT2D eigenvalue weighted by atomic mass is 16.3. The molecule has 17 aromatic rings. The summed E-state index contributed by atoms with van der Waals surface area (Å²) in [7, 11) is 0. The molecule has 121 heavy (non-hydrogen) atoms. The normalized spacial score (nSPS) is 13.9.